The first-order valence-electron chi connectivity index (χ1n) is 6.57. The maximum atomic E-state index is 5.60. The molecular weight excluding hydrogens is 210 g/mol. The van der Waals surface area contributed by atoms with Gasteiger partial charge in [0.05, 0.1) is 6.61 Å². The number of nitrogens with one attached hydrogen (secondary N) is 1. The summed E-state index contributed by atoms with van der Waals surface area (Å²) in [6.07, 6.45) is 5.09. The molecule has 1 fully saturated rings. The summed E-state index contributed by atoms with van der Waals surface area (Å²) in [6, 6.07) is 10.8. The van der Waals surface area contributed by atoms with Gasteiger partial charge in [-0.25, -0.2) is 0 Å². The lowest BCUT2D eigenvalue weighted by atomic mass is 9.75. The average Bonchev–Trinajstić information content (AvgIpc) is 2.29. The van der Waals surface area contributed by atoms with Crippen molar-refractivity contribution in [3.8, 4) is 0 Å². The van der Waals surface area contributed by atoms with Gasteiger partial charge in [0.1, 0.15) is 0 Å². The molecule has 0 heterocycles. The maximum absolute atomic E-state index is 5.60. The van der Waals surface area contributed by atoms with Gasteiger partial charge in [0, 0.05) is 6.04 Å². The summed E-state index contributed by atoms with van der Waals surface area (Å²) >= 11 is 0. The summed E-state index contributed by atoms with van der Waals surface area (Å²) in [5.41, 5.74) is 4.91. The Morgan fingerprint density at radius 3 is 2.76 bits per heavy atom. The van der Waals surface area contributed by atoms with E-state index in [0.29, 0.717) is 18.1 Å². The zero-order valence-electron chi connectivity index (χ0n) is 10.9. The fourth-order valence-corrected chi connectivity index (χ4v) is 2.62. The van der Waals surface area contributed by atoms with E-state index in [-0.39, 0.29) is 0 Å². The van der Waals surface area contributed by atoms with Gasteiger partial charge >= 0.3 is 0 Å². The lowest BCUT2D eigenvalue weighted by Gasteiger charge is -2.35. The van der Waals surface area contributed by atoms with Gasteiger partial charge in [-0.1, -0.05) is 50.6 Å². The molecule has 0 bridgehead atoms. The molecule has 0 aromatic heterocycles. The number of hydrogen-bond acceptors (Lipinski definition) is 2. The molecule has 2 rings (SSSR count). The molecule has 1 N–H and O–H groups in total. The molecule has 94 valence electrons. The molecule has 0 spiro atoms. The van der Waals surface area contributed by atoms with Crippen LogP contribution in [0.15, 0.2) is 30.3 Å². The van der Waals surface area contributed by atoms with Crippen LogP contribution in [0, 0.1) is 5.41 Å². The predicted octanol–water partition coefficient (Wildman–Crippen LogP) is 3.68. The molecule has 0 saturated heterocycles. The zero-order valence-corrected chi connectivity index (χ0v) is 10.9. The van der Waals surface area contributed by atoms with Crippen molar-refractivity contribution in [2.45, 2.75) is 52.2 Å². The molecular formula is C15H23NO. The highest BCUT2D eigenvalue weighted by Crippen LogP contribution is 2.35. The van der Waals surface area contributed by atoms with Crippen molar-refractivity contribution in [2.75, 3.05) is 0 Å². The molecule has 0 amide bonds. The van der Waals surface area contributed by atoms with Crippen LogP contribution in [0.4, 0.5) is 0 Å². The second kappa shape index (κ2) is 5.65. The molecule has 2 heteroatoms. The highest BCUT2D eigenvalue weighted by atomic mass is 16.6. The molecule has 17 heavy (non-hydrogen) atoms. The summed E-state index contributed by atoms with van der Waals surface area (Å²) in [7, 11) is 0. The van der Waals surface area contributed by atoms with E-state index in [1.807, 2.05) is 18.2 Å². The Bertz CT molecular complexity index is 334. The SMILES string of the molecule is CC1(C)CCCC(NOCc2ccccc2)C1. The molecule has 1 unspecified atom stereocenters. The summed E-state index contributed by atoms with van der Waals surface area (Å²) < 4.78 is 0. The number of benzene rings is 1. The number of hydroxylamine groups is 1. The Morgan fingerprint density at radius 2 is 2.06 bits per heavy atom. The van der Waals surface area contributed by atoms with Gasteiger partial charge in [-0.15, -0.1) is 0 Å². The van der Waals surface area contributed by atoms with Crippen molar-refractivity contribution < 1.29 is 4.84 Å². The van der Waals surface area contributed by atoms with Crippen LogP contribution in [0.3, 0.4) is 0 Å². The first-order chi connectivity index (χ1) is 8.16. The van der Waals surface area contributed by atoms with Crippen molar-refractivity contribution in [1.29, 1.82) is 0 Å². The monoisotopic (exact) mass is 233 g/mol. The van der Waals surface area contributed by atoms with Crippen LogP contribution in [-0.4, -0.2) is 6.04 Å². The predicted molar refractivity (Wildman–Crippen MR) is 70.4 cm³/mol. The summed E-state index contributed by atoms with van der Waals surface area (Å²) in [5, 5.41) is 0. The van der Waals surface area contributed by atoms with Crippen molar-refractivity contribution in [3.05, 3.63) is 35.9 Å². The third-order valence-electron chi connectivity index (χ3n) is 3.54. The molecule has 1 saturated carbocycles. The lowest BCUT2D eigenvalue weighted by molar-refractivity contribution is -0.0175. The van der Waals surface area contributed by atoms with Crippen molar-refractivity contribution in [1.82, 2.24) is 5.48 Å². The highest BCUT2D eigenvalue weighted by molar-refractivity contribution is 5.13. The van der Waals surface area contributed by atoms with E-state index in [0.717, 1.165) is 0 Å². The third kappa shape index (κ3) is 4.14. The van der Waals surface area contributed by atoms with E-state index >= 15 is 0 Å². The molecule has 1 aliphatic carbocycles. The second-order valence-corrected chi connectivity index (χ2v) is 5.85. The Labute approximate surface area is 104 Å². The van der Waals surface area contributed by atoms with Gasteiger partial charge in [0.2, 0.25) is 0 Å². The smallest absolute Gasteiger partial charge is 0.0933 e. The molecule has 1 aromatic rings. The van der Waals surface area contributed by atoms with E-state index in [2.05, 4.69) is 31.5 Å². The third-order valence-corrected chi connectivity index (χ3v) is 3.54. The van der Waals surface area contributed by atoms with E-state index in [9.17, 15) is 0 Å². The summed E-state index contributed by atoms with van der Waals surface area (Å²) in [4.78, 5) is 5.60. The normalized spacial score (nSPS) is 23.5. The largest absolute Gasteiger partial charge is 0.297 e. The fourth-order valence-electron chi connectivity index (χ4n) is 2.62. The molecule has 0 radical (unpaired) electrons. The Hall–Kier alpha value is -0.860. The second-order valence-electron chi connectivity index (χ2n) is 5.85. The van der Waals surface area contributed by atoms with E-state index in [4.69, 9.17) is 4.84 Å². The van der Waals surface area contributed by atoms with Crippen LogP contribution in [0.5, 0.6) is 0 Å². The Balaban J connectivity index is 1.72. The summed E-state index contributed by atoms with van der Waals surface area (Å²) in [6.45, 7) is 5.34. The summed E-state index contributed by atoms with van der Waals surface area (Å²) in [5.74, 6) is 0. The van der Waals surface area contributed by atoms with Crippen LogP contribution >= 0.6 is 0 Å². The average molecular weight is 233 g/mol. The standard InChI is InChI=1S/C15H23NO/c1-15(2)10-6-9-14(11-15)16-17-12-13-7-4-3-5-8-13/h3-5,7-8,14,16H,6,9-12H2,1-2H3. The number of hydrogen-bond donors (Lipinski definition) is 1. The Morgan fingerprint density at radius 1 is 1.29 bits per heavy atom. The van der Waals surface area contributed by atoms with Gasteiger partial charge in [0.15, 0.2) is 0 Å². The quantitative estimate of drug-likeness (QED) is 0.801. The van der Waals surface area contributed by atoms with Crippen LogP contribution in [0.25, 0.3) is 0 Å². The topological polar surface area (TPSA) is 21.3 Å². The molecule has 1 atom stereocenters. The minimum atomic E-state index is 0.464. The van der Waals surface area contributed by atoms with Crippen LogP contribution in [-0.2, 0) is 11.4 Å². The fraction of sp³-hybridized carbons (Fsp3) is 0.600. The minimum absolute atomic E-state index is 0.464. The zero-order chi connectivity index (χ0) is 12.1. The van der Waals surface area contributed by atoms with E-state index in [1.165, 1.54) is 31.2 Å². The van der Waals surface area contributed by atoms with Gasteiger partial charge < -0.3 is 0 Å². The van der Waals surface area contributed by atoms with E-state index < -0.39 is 0 Å². The maximum Gasteiger partial charge on any atom is 0.0933 e. The molecule has 1 aliphatic rings. The van der Waals surface area contributed by atoms with Gasteiger partial charge in [-0.3, -0.25) is 4.84 Å². The van der Waals surface area contributed by atoms with Crippen LogP contribution in [0.1, 0.15) is 45.1 Å². The molecule has 2 nitrogen and oxygen atoms in total. The van der Waals surface area contributed by atoms with E-state index in [1.54, 1.807) is 0 Å². The first-order valence-corrected chi connectivity index (χ1v) is 6.57. The van der Waals surface area contributed by atoms with Crippen molar-refractivity contribution in [2.24, 2.45) is 5.41 Å². The van der Waals surface area contributed by atoms with Gasteiger partial charge in [-0.05, 0) is 30.2 Å². The Kier molecular flexibility index (Phi) is 4.19. The molecule has 1 aromatic carbocycles. The van der Waals surface area contributed by atoms with Crippen molar-refractivity contribution >= 4 is 0 Å². The molecule has 0 aliphatic heterocycles. The first kappa shape index (κ1) is 12.6. The van der Waals surface area contributed by atoms with Crippen LogP contribution in [0.2, 0.25) is 0 Å². The van der Waals surface area contributed by atoms with Crippen molar-refractivity contribution in [3.63, 3.8) is 0 Å². The number of rotatable bonds is 4. The van der Waals surface area contributed by atoms with Gasteiger partial charge in [-0.2, -0.15) is 5.48 Å². The van der Waals surface area contributed by atoms with Crippen LogP contribution < -0.4 is 5.48 Å². The highest BCUT2D eigenvalue weighted by Gasteiger charge is 2.27. The van der Waals surface area contributed by atoms with Gasteiger partial charge in [0.25, 0.3) is 0 Å². The minimum Gasteiger partial charge on any atom is -0.297 e. The lowest BCUT2D eigenvalue weighted by Crippen LogP contribution is -2.37.